The van der Waals surface area contributed by atoms with Crippen molar-refractivity contribution in [2.24, 2.45) is 16.3 Å². The van der Waals surface area contributed by atoms with Crippen LogP contribution in [0.25, 0.3) is 0 Å². The van der Waals surface area contributed by atoms with E-state index in [1.807, 2.05) is 4.90 Å². The molecule has 2 N–H and O–H groups in total. The highest BCUT2D eigenvalue weighted by Crippen LogP contribution is 2.45. The van der Waals surface area contributed by atoms with Crippen LogP contribution >= 0.6 is 35.3 Å². The second kappa shape index (κ2) is 10.1. The molecule has 3 rings (SSSR count). The first kappa shape index (κ1) is 22.5. The summed E-state index contributed by atoms with van der Waals surface area (Å²) >= 11 is 1.80. The summed E-state index contributed by atoms with van der Waals surface area (Å²) in [5.74, 6) is 1.60. The minimum absolute atomic E-state index is 0. The predicted molar refractivity (Wildman–Crippen MR) is 124 cm³/mol. The van der Waals surface area contributed by atoms with Crippen LogP contribution in [-0.2, 0) is 17.8 Å². The first-order chi connectivity index (χ1) is 12.5. The fourth-order valence-electron chi connectivity index (χ4n) is 4.22. The van der Waals surface area contributed by atoms with Crippen LogP contribution in [0.4, 0.5) is 0 Å². The van der Waals surface area contributed by atoms with E-state index in [-0.39, 0.29) is 29.9 Å². The number of nitrogens with zero attached hydrogens (tertiary/aromatic N) is 2. The topological polar surface area (TPSA) is 56.7 Å². The Morgan fingerprint density at radius 1 is 1.37 bits per heavy atom. The second-order valence-electron chi connectivity index (χ2n) is 8.17. The van der Waals surface area contributed by atoms with Gasteiger partial charge in [0.1, 0.15) is 0 Å². The lowest BCUT2D eigenvalue weighted by atomic mass is 9.64. The summed E-state index contributed by atoms with van der Waals surface area (Å²) in [4.78, 5) is 20.2. The van der Waals surface area contributed by atoms with Crippen molar-refractivity contribution in [2.45, 2.75) is 52.5 Å². The average molecular weight is 504 g/mol. The van der Waals surface area contributed by atoms with Gasteiger partial charge in [-0.25, -0.2) is 0 Å². The highest BCUT2D eigenvalue weighted by atomic mass is 127. The van der Waals surface area contributed by atoms with E-state index in [1.54, 1.807) is 18.4 Å². The number of thiophene rings is 1. The lowest BCUT2D eigenvalue weighted by Crippen LogP contribution is -2.49. The Labute approximate surface area is 184 Å². The second-order valence-corrected chi connectivity index (χ2v) is 9.17. The maximum atomic E-state index is 12.5. The van der Waals surface area contributed by atoms with Crippen molar-refractivity contribution in [3.05, 3.63) is 21.9 Å². The number of halogens is 1. The molecule has 0 aromatic carbocycles. The zero-order valence-corrected chi connectivity index (χ0v) is 19.9. The molecule has 1 amide bonds. The quantitative estimate of drug-likeness (QED) is 0.354. The Morgan fingerprint density at radius 3 is 2.78 bits per heavy atom. The molecule has 5 nitrogen and oxygen atoms in total. The number of aliphatic imine (C=N–C) groups is 1. The third-order valence-electron chi connectivity index (χ3n) is 5.68. The summed E-state index contributed by atoms with van der Waals surface area (Å²) in [5, 5.41) is 8.79. The van der Waals surface area contributed by atoms with Crippen LogP contribution in [0.5, 0.6) is 0 Å². The smallest absolute Gasteiger partial charge is 0.242 e. The van der Waals surface area contributed by atoms with Crippen LogP contribution < -0.4 is 10.6 Å². The molecule has 1 saturated carbocycles. The van der Waals surface area contributed by atoms with Crippen molar-refractivity contribution in [3.8, 4) is 0 Å². The monoisotopic (exact) mass is 504 g/mol. The van der Waals surface area contributed by atoms with Crippen LogP contribution in [-0.4, -0.2) is 43.4 Å². The van der Waals surface area contributed by atoms with E-state index >= 15 is 0 Å². The Hall–Kier alpha value is -0.830. The number of fused-ring (bicyclic) bond motifs is 1. The molecule has 27 heavy (non-hydrogen) atoms. The van der Waals surface area contributed by atoms with Gasteiger partial charge in [-0.3, -0.25) is 9.79 Å². The van der Waals surface area contributed by atoms with Gasteiger partial charge in [-0.05, 0) is 54.0 Å². The Bertz CT molecular complexity index is 654. The fourth-order valence-corrected chi connectivity index (χ4v) is 5.11. The molecule has 2 heterocycles. The van der Waals surface area contributed by atoms with Crippen molar-refractivity contribution < 1.29 is 4.79 Å². The fraction of sp³-hybridized carbons (Fsp3) is 0.700. The zero-order valence-electron chi connectivity index (χ0n) is 16.7. The van der Waals surface area contributed by atoms with Crippen molar-refractivity contribution in [1.29, 1.82) is 0 Å². The first-order valence-corrected chi connectivity index (χ1v) is 10.7. The van der Waals surface area contributed by atoms with E-state index in [4.69, 9.17) is 0 Å². The number of carbonyl (C=O) groups is 1. The van der Waals surface area contributed by atoms with Crippen LogP contribution in [0.15, 0.2) is 16.4 Å². The number of hydrogen-bond acceptors (Lipinski definition) is 3. The number of nitrogens with one attached hydrogen (secondary N) is 2. The van der Waals surface area contributed by atoms with Crippen LogP contribution in [0.2, 0.25) is 0 Å². The molecule has 1 aliphatic carbocycles. The van der Waals surface area contributed by atoms with E-state index in [0.717, 1.165) is 37.9 Å². The zero-order chi connectivity index (χ0) is 18.6. The highest BCUT2D eigenvalue weighted by molar-refractivity contribution is 14.0. The predicted octanol–water partition coefficient (Wildman–Crippen LogP) is 3.63. The van der Waals surface area contributed by atoms with Gasteiger partial charge in [0.2, 0.25) is 5.91 Å². The van der Waals surface area contributed by atoms with Crippen molar-refractivity contribution in [2.75, 3.05) is 26.7 Å². The molecule has 0 spiro atoms. The molecular weight excluding hydrogens is 471 g/mol. The molecule has 7 heteroatoms. The third kappa shape index (κ3) is 5.82. The minimum atomic E-state index is 0. The summed E-state index contributed by atoms with van der Waals surface area (Å²) in [6.07, 6.45) is 6.16. The van der Waals surface area contributed by atoms with Gasteiger partial charge in [0.15, 0.2) is 5.96 Å². The van der Waals surface area contributed by atoms with Gasteiger partial charge in [-0.1, -0.05) is 20.3 Å². The third-order valence-corrected chi connectivity index (χ3v) is 6.70. The lowest BCUT2D eigenvalue weighted by Gasteiger charge is -2.43. The molecule has 0 atom stereocenters. The van der Waals surface area contributed by atoms with E-state index in [2.05, 4.69) is 40.9 Å². The van der Waals surface area contributed by atoms with Gasteiger partial charge in [0.25, 0.3) is 0 Å². The maximum absolute atomic E-state index is 12.5. The van der Waals surface area contributed by atoms with Crippen molar-refractivity contribution in [1.82, 2.24) is 15.5 Å². The highest BCUT2D eigenvalue weighted by Gasteiger charge is 2.37. The van der Waals surface area contributed by atoms with E-state index in [9.17, 15) is 4.79 Å². The summed E-state index contributed by atoms with van der Waals surface area (Å²) in [5.41, 5.74) is 1.72. The van der Waals surface area contributed by atoms with Gasteiger partial charge in [0.05, 0.1) is 6.54 Å². The van der Waals surface area contributed by atoms with Crippen LogP contribution in [0, 0.1) is 11.3 Å². The summed E-state index contributed by atoms with van der Waals surface area (Å²) in [6, 6.07) is 2.14. The maximum Gasteiger partial charge on any atom is 0.242 e. The number of hydrogen-bond donors (Lipinski definition) is 2. The molecule has 1 aliphatic heterocycles. The van der Waals surface area contributed by atoms with E-state index in [1.165, 1.54) is 36.1 Å². The van der Waals surface area contributed by atoms with Gasteiger partial charge < -0.3 is 15.5 Å². The van der Waals surface area contributed by atoms with E-state index < -0.39 is 0 Å². The first-order valence-electron chi connectivity index (χ1n) is 9.79. The largest absolute Gasteiger partial charge is 0.356 e. The minimum Gasteiger partial charge on any atom is -0.356 e. The molecule has 2 aliphatic rings. The summed E-state index contributed by atoms with van der Waals surface area (Å²) in [7, 11) is 1.77. The number of guanidine groups is 1. The van der Waals surface area contributed by atoms with Crippen LogP contribution in [0.1, 0.15) is 50.0 Å². The molecule has 1 fully saturated rings. The van der Waals surface area contributed by atoms with Crippen molar-refractivity contribution >= 4 is 47.2 Å². The number of carbonyl (C=O) groups excluding carboxylic acids is 1. The molecule has 0 radical (unpaired) electrons. The lowest BCUT2D eigenvalue weighted by molar-refractivity contribution is -0.130. The summed E-state index contributed by atoms with van der Waals surface area (Å²) in [6.45, 7) is 7.39. The molecule has 0 saturated heterocycles. The summed E-state index contributed by atoms with van der Waals surface area (Å²) < 4.78 is 0. The Balaban J connectivity index is 0.00000261. The molecule has 1 aromatic rings. The Kier molecular flexibility index (Phi) is 8.39. The van der Waals surface area contributed by atoms with Gasteiger partial charge in [-0.2, -0.15) is 0 Å². The van der Waals surface area contributed by atoms with Gasteiger partial charge >= 0.3 is 0 Å². The molecule has 152 valence electrons. The standard InChI is InChI=1S/C20H32N4OS.HI/c1-15(2)11-20(7-4-8-20)14-23-19(21-3)22-12-18(25)24-9-5-17-16(13-24)6-10-26-17;/h6,10,15H,4-5,7-9,11-14H2,1-3H3,(H2,21,22,23);1H. The van der Waals surface area contributed by atoms with Gasteiger partial charge in [0, 0.05) is 31.6 Å². The molecule has 0 bridgehead atoms. The van der Waals surface area contributed by atoms with Gasteiger partial charge in [-0.15, -0.1) is 35.3 Å². The number of rotatable bonds is 6. The molecular formula is C20H33IN4OS. The SMILES string of the molecule is CN=C(NCC(=O)N1CCc2sccc2C1)NCC1(CC(C)C)CCC1.I. The number of amides is 1. The average Bonchev–Trinajstić information content (AvgIpc) is 3.06. The normalized spacial score (nSPS) is 18.4. The molecule has 1 aromatic heterocycles. The van der Waals surface area contributed by atoms with Crippen molar-refractivity contribution in [3.63, 3.8) is 0 Å². The Morgan fingerprint density at radius 2 is 2.15 bits per heavy atom. The molecule has 0 unspecified atom stereocenters. The van der Waals surface area contributed by atoms with Crippen LogP contribution in [0.3, 0.4) is 0 Å². The van der Waals surface area contributed by atoms with E-state index in [0.29, 0.717) is 12.0 Å².